The molecule has 0 atom stereocenters. The van der Waals surface area contributed by atoms with E-state index >= 15 is 0 Å². The molecule has 5 aromatic rings. The van der Waals surface area contributed by atoms with Crippen LogP contribution in [0.4, 0.5) is 5.82 Å². The molecule has 166 valence electrons. The Balaban J connectivity index is 1.29. The number of H-pyrrole nitrogens is 2. The van der Waals surface area contributed by atoms with E-state index < -0.39 is 5.54 Å². The first-order valence-electron chi connectivity index (χ1n) is 11.0. The summed E-state index contributed by atoms with van der Waals surface area (Å²) in [4.78, 5) is 26.9. The number of benzene rings is 2. The van der Waals surface area contributed by atoms with Gasteiger partial charge in [0.1, 0.15) is 23.4 Å². The lowest BCUT2D eigenvalue weighted by molar-refractivity contribution is 0.327. The predicted octanol–water partition coefficient (Wildman–Crippen LogP) is 3.36. The highest BCUT2D eigenvalue weighted by Crippen LogP contribution is 2.35. The van der Waals surface area contributed by atoms with Crippen molar-refractivity contribution in [1.29, 1.82) is 0 Å². The molecule has 33 heavy (non-hydrogen) atoms. The molecule has 0 radical (unpaired) electrons. The summed E-state index contributed by atoms with van der Waals surface area (Å²) in [5.41, 5.74) is 12.0. The van der Waals surface area contributed by atoms with Crippen LogP contribution in [-0.4, -0.2) is 50.1 Å². The zero-order valence-electron chi connectivity index (χ0n) is 18.2. The van der Waals surface area contributed by atoms with Gasteiger partial charge in [-0.05, 0) is 36.6 Å². The molecular weight excluding hydrogens is 416 g/mol. The van der Waals surface area contributed by atoms with Gasteiger partial charge in [-0.25, -0.2) is 19.9 Å². The lowest BCUT2D eigenvalue weighted by atomic mass is 9.88. The SMILES string of the molecule is COc1ccc(-c2cccc3[nH]c(C4(N)CCN(c5ncnc6[nH]cnc56)CC4)nc23)cc1. The highest BCUT2D eigenvalue weighted by Gasteiger charge is 2.36. The van der Waals surface area contributed by atoms with Crippen LogP contribution in [0.3, 0.4) is 0 Å². The molecule has 4 heterocycles. The van der Waals surface area contributed by atoms with Gasteiger partial charge in [0, 0.05) is 18.7 Å². The van der Waals surface area contributed by atoms with E-state index in [1.54, 1.807) is 19.8 Å². The van der Waals surface area contributed by atoms with E-state index in [2.05, 4.69) is 48.0 Å². The van der Waals surface area contributed by atoms with E-state index in [0.29, 0.717) is 0 Å². The van der Waals surface area contributed by atoms with E-state index in [-0.39, 0.29) is 0 Å². The van der Waals surface area contributed by atoms with Crippen molar-refractivity contribution in [3.8, 4) is 16.9 Å². The summed E-state index contributed by atoms with van der Waals surface area (Å²) < 4.78 is 5.29. The van der Waals surface area contributed by atoms with Crippen molar-refractivity contribution in [3.63, 3.8) is 0 Å². The number of hydrogen-bond acceptors (Lipinski definition) is 7. The average Bonchev–Trinajstić information content (AvgIpc) is 3.52. The third kappa shape index (κ3) is 3.28. The van der Waals surface area contributed by atoms with Gasteiger partial charge in [0.25, 0.3) is 0 Å². The number of rotatable bonds is 4. The van der Waals surface area contributed by atoms with E-state index in [0.717, 1.165) is 76.6 Å². The van der Waals surface area contributed by atoms with E-state index in [1.165, 1.54) is 0 Å². The molecule has 9 heteroatoms. The number of fused-ring (bicyclic) bond motifs is 2. The normalized spacial score (nSPS) is 15.9. The average molecular weight is 441 g/mol. The number of anilines is 1. The summed E-state index contributed by atoms with van der Waals surface area (Å²) in [6.45, 7) is 1.52. The second kappa shape index (κ2) is 7.56. The molecule has 6 rings (SSSR count). The molecule has 2 aromatic carbocycles. The summed E-state index contributed by atoms with van der Waals surface area (Å²) in [6, 6.07) is 14.2. The predicted molar refractivity (Wildman–Crippen MR) is 127 cm³/mol. The van der Waals surface area contributed by atoms with Gasteiger partial charge in [0.05, 0.1) is 30.0 Å². The molecule has 1 saturated heterocycles. The van der Waals surface area contributed by atoms with Crippen LogP contribution >= 0.6 is 0 Å². The van der Waals surface area contributed by atoms with Crippen molar-refractivity contribution in [2.75, 3.05) is 25.1 Å². The minimum absolute atomic E-state index is 0.537. The summed E-state index contributed by atoms with van der Waals surface area (Å²) in [5, 5.41) is 0. The third-order valence-electron chi connectivity index (χ3n) is 6.54. The summed E-state index contributed by atoms with van der Waals surface area (Å²) in [5.74, 6) is 2.50. The molecule has 3 aromatic heterocycles. The zero-order chi connectivity index (χ0) is 22.4. The van der Waals surface area contributed by atoms with E-state index in [4.69, 9.17) is 15.5 Å². The number of piperidine rings is 1. The molecule has 0 unspecified atom stereocenters. The van der Waals surface area contributed by atoms with Gasteiger partial charge in [0.15, 0.2) is 11.5 Å². The zero-order valence-corrected chi connectivity index (χ0v) is 18.2. The molecule has 9 nitrogen and oxygen atoms in total. The fourth-order valence-electron chi connectivity index (χ4n) is 4.61. The maximum atomic E-state index is 6.91. The van der Waals surface area contributed by atoms with Gasteiger partial charge in [-0.3, -0.25) is 0 Å². The van der Waals surface area contributed by atoms with Crippen molar-refractivity contribution in [3.05, 3.63) is 60.9 Å². The van der Waals surface area contributed by atoms with Gasteiger partial charge >= 0.3 is 0 Å². The smallest absolute Gasteiger partial charge is 0.162 e. The molecule has 0 saturated carbocycles. The van der Waals surface area contributed by atoms with Crippen LogP contribution in [0, 0.1) is 0 Å². The van der Waals surface area contributed by atoms with Gasteiger partial charge in [-0.15, -0.1) is 0 Å². The Bertz CT molecular complexity index is 1430. The van der Waals surface area contributed by atoms with Gasteiger partial charge in [-0.2, -0.15) is 0 Å². The number of nitrogens with one attached hydrogen (secondary N) is 2. The molecule has 1 fully saturated rings. The minimum atomic E-state index is -0.537. The van der Waals surface area contributed by atoms with E-state index in [1.807, 2.05) is 24.3 Å². The second-order valence-electron chi connectivity index (χ2n) is 8.46. The molecular formula is C24H24N8O. The molecule has 0 spiro atoms. The Labute approximate surface area is 190 Å². The first kappa shape index (κ1) is 19.7. The van der Waals surface area contributed by atoms with Gasteiger partial charge < -0.3 is 25.3 Å². The molecule has 4 N–H and O–H groups in total. The first-order chi connectivity index (χ1) is 16.1. The third-order valence-corrected chi connectivity index (χ3v) is 6.54. The van der Waals surface area contributed by atoms with Crippen LogP contribution in [0.15, 0.2) is 55.1 Å². The topological polar surface area (TPSA) is 122 Å². The number of nitrogens with zero attached hydrogens (tertiary/aromatic N) is 5. The largest absolute Gasteiger partial charge is 0.497 e. The first-order valence-corrected chi connectivity index (χ1v) is 11.0. The van der Waals surface area contributed by atoms with Gasteiger partial charge in [0.2, 0.25) is 0 Å². The Hall–Kier alpha value is -3.98. The number of hydrogen-bond donors (Lipinski definition) is 3. The molecule has 0 aliphatic carbocycles. The van der Waals surface area contributed by atoms with Crippen LogP contribution in [0.25, 0.3) is 33.3 Å². The molecule has 1 aliphatic rings. The second-order valence-corrected chi connectivity index (χ2v) is 8.46. The Kier molecular flexibility index (Phi) is 4.51. The van der Waals surface area contributed by atoms with Crippen molar-refractivity contribution in [1.82, 2.24) is 29.9 Å². The lowest BCUT2D eigenvalue weighted by Gasteiger charge is -2.38. The number of ether oxygens (including phenoxy) is 1. The quantitative estimate of drug-likeness (QED) is 0.392. The van der Waals surface area contributed by atoms with Crippen LogP contribution in [0.2, 0.25) is 0 Å². The fourth-order valence-corrected chi connectivity index (χ4v) is 4.61. The van der Waals surface area contributed by atoms with Crippen LogP contribution in [-0.2, 0) is 5.54 Å². The highest BCUT2D eigenvalue weighted by atomic mass is 16.5. The number of imidazole rings is 2. The van der Waals surface area contributed by atoms with Crippen LogP contribution in [0.5, 0.6) is 5.75 Å². The van der Waals surface area contributed by atoms with Crippen molar-refractivity contribution >= 4 is 28.0 Å². The van der Waals surface area contributed by atoms with Crippen LogP contribution < -0.4 is 15.4 Å². The lowest BCUT2D eigenvalue weighted by Crippen LogP contribution is -2.49. The Morgan fingerprint density at radius 2 is 1.82 bits per heavy atom. The number of para-hydroxylation sites is 1. The number of aromatic nitrogens is 6. The van der Waals surface area contributed by atoms with Crippen molar-refractivity contribution in [2.24, 2.45) is 5.73 Å². The van der Waals surface area contributed by atoms with Crippen molar-refractivity contribution < 1.29 is 4.74 Å². The van der Waals surface area contributed by atoms with Crippen LogP contribution in [0.1, 0.15) is 18.7 Å². The van der Waals surface area contributed by atoms with Crippen molar-refractivity contribution in [2.45, 2.75) is 18.4 Å². The summed E-state index contributed by atoms with van der Waals surface area (Å²) >= 11 is 0. The molecule has 0 bridgehead atoms. The summed E-state index contributed by atoms with van der Waals surface area (Å²) in [7, 11) is 1.67. The number of nitrogens with two attached hydrogens (primary N) is 1. The molecule has 0 amide bonds. The Morgan fingerprint density at radius 1 is 1.00 bits per heavy atom. The maximum Gasteiger partial charge on any atom is 0.162 e. The molecule has 1 aliphatic heterocycles. The number of methoxy groups -OCH3 is 1. The standard InChI is InChI=1S/C24H24N8O/c1-33-16-7-5-15(6-8-16)17-3-2-4-18-19(17)31-23(30-18)24(25)9-11-32(12-10-24)22-20-21(27-13-26-20)28-14-29-22/h2-8,13-14H,9-12,25H2,1H3,(H,30,31)(H,26,27,28,29). The fraction of sp³-hybridized carbons (Fsp3) is 0.250. The summed E-state index contributed by atoms with van der Waals surface area (Å²) in [6.07, 6.45) is 4.72. The Morgan fingerprint density at radius 3 is 2.61 bits per heavy atom. The maximum absolute atomic E-state index is 6.91. The van der Waals surface area contributed by atoms with Gasteiger partial charge in [-0.1, -0.05) is 24.3 Å². The monoisotopic (exact) mass is 440 g/mol. The van der Waals surface area contributed by atoms with E-state index in [9.17, 15) is 0 Å². The highest BCUT2D eigenvalue weighted by molar-refractivity contribution is 5.92. The number of aromatic amines is 2. The minimum Gasteiger partial charge on any atom is -0.497 e.